The highest BCUT2D eigenvalue weighted by atomic mass is 32.2. The number of halogens is 2. The Kier molecular flexibility index (Phi) is 4.69. The Morgan fingerprint density at radius 3 is 2.64 bits per heavy atom. The Bertz CT molecular complexity index is 1240. The van der Waals surface area contributed by atoms with E-state index >= 15 is 0 Å². The van der Waals surface area contributed by atoms with Gasteiger partial charge in [-0.3, -0.25) is 9.80 Å². The van der Waals surface area contributed by atoms with E-state index in [9.17, 15) is 23.8 Å². The van der Waals surface area contributed by atoms with Crippen LogP contribution in [0.25, 0.3) is 0 Å². The van der Waals surface area contributed by atoms with Gasteiger partial charge in [0.2, 0.25) is 0 Å². The van der Waals surface area contributed by atoms with Crippen LogP contribution in [0.4, 0.5) is 8.78 Å². The highest BCUT2D eigenvalue weighted by molar-refractivity contribution is 7.98. The van der Waals surface area contributed by atoms with Crippen LogP contribution in [-0.2, 0) is 10.5 Å². The SMILES string of the molecule is O=C1C2=C(O)C(O)C=CN2N([C@H]2c3ccccc3SCc3c2ccc(F)c3F)CC12CCC2. The van der Waals surface area contributed by atoms with E-state index in [1.165, 1.54) is 17.8 Å². The zero-order valence-corrected chi connectivity index (χ0v) is 18.5. The van der Waals surface area contributed by atoms with Crippen molar-refractivity contribution in [2.45, 2.75) is 42.1 Å². The van der Waals surface area contributed by atoms with Crippen LogP contribution in [0.5, 0.6) is 0 Å². The number of carbonyl (C=O) groups excluding carboxylic acids is 1. The van der Waals surface area contributed by atoms with Crippen LogP contribution in [0.2, 0.25) is 0 Å². The second-order valence-corrected chi connectivity index (χ2v) is 10.1. The molecule has 2 aromatic rings. The van der Waals surface area contributed by atoms with Crippen LogP contribution >= 0.6 is 11.8 Å². The second-order valence-electron chi connectivity index (χ2n) is 9.08. The second kappa shape index (κ2) is 7.41. The minimum Gasteiger partial charge on any atom is -0.507 e. The lowest BCUT2D eigenvalue weighted by Crippen LogP contribution is -2.61. The summed E-state index contributed by atoms with van der Waals surface area (Å²) in [5, 5.41) is 24.5. The number of Topliss-reactive ketones (excluding diaryl/α,β-unsaturated/α-hetero) is 1. The molecule has 0 radical (unpaired) electrons. The number of rotatable bonds is 1. The molecule has 3 aliphatic heterocycles. The lowest BCUT2D eigenvalue weighted by Gasteiger charge is -2.55. The number of ketones is 1. The topological polar surface area (TPSA) is 64.0 Å². The van der Waals surface area contributed by atoms with Gasteiger partial charge in [-0.15, -0.1) is 11.8 Å². The Morgan fingerprint density at radius 1 is 1.09 bits per heavy atom. The lowest BCUT2D eigenvalue weighted by molar-refractivity contribution is -0.152. The van der Waals surface area contributed by atoms with Gasteiger partial charge in [0.25, 0.3) is 0 Å². The number of aliphatic hydroxyl groups is 2. The van der Waals surface area contributed by atoms with Gasteiger partial charge in [0.05, 0.1) is 6.04 Å². The fraction of sp³-hybridized carbons (Fsp3) is 0.320. The fourth-order valence-electron chi connectivity index (χ4n) is 5.42. The van der Waals surface area contributed by atoms with Crippen molar-refractivity contribution in [2.24, 2.45) is 5.41 Å². The number of hydrogen-bond donors (Lipinski definition) is 2. The van der Waals surface area contributed by atoms with Gasteiger partial charge in [0, 0.05) is 34.4 Å². The van der Waals surface area contributed by atoms with E-state index in [0.29, 0.717) is 30.5 Å². The molecule has 2 N–H and O–H groups in total. The number of hydrazine groups is 1. The molecular formula is C25H22F2N2O3S. The summed E-state index contributed by atoms with van der Waals surface area (Å²) < 4.78 is 29.2. The van der Waals surface area contributed by atoms with Crippen molar-refractivity contribution >= 4 is 17.5 Å². The van der Waals surface area contributed by atoms with Crippen molar-refractivity contribution in [1.82, 2.24) is 10.0 Å². The van der Waals surface area contributed by atoms with Crippen molar-refractivity contribution in [3.63, 3.8) is 0 Å². The first kappa shape index (κ1) is 20.9. The Labute approximate surface area is 194 Å². The van der Waals surface area contributed by atoms with Crippen LogP contribution < -0.4 is 0 Å². The number of aliphatic hydroxyl groups excluding tert-OH is 2. The summed E-state index contributed by atoms with van der Waals surface area (Å²) in [6, 6.07) is 10.0. The number of carbonyl (C=O) groups is 1. The van der Waals surface area contributed by atoms with E-state index in [1.807, 2.05) is 29.3 Å². The third-order valence-corrected chi connectivity index (χ3v) is 8.44. The van der Waals surface area contributed by atoms with Crippen LogP contribution in [-0.4, -0.2) is 38.7 Å². The molecule has 0 aromatic heterocycles. The quantitative estimate of drug-likeness (QED) is 0.639. The van der Waals surface area contributed by atoms with Crippen LogP contribution in [0.1, 0.15) is 42.0 Å². The van der Waals surface area contributed by atoms with Gasteiger partial charge in [-0.1, -0.05) is 30.7 Å². The number of thioether (sulfide) groups is 1. The molecule has 2 fully saturated rings. The first-order chi connectivity index (χ1) is 15.9. The van der Waals surface area contributed by atoms with Crippen molar-refractivity contribution < 1.29 is 23.8 Å². The van der Waals surface area contributed by atoms with Crippen molar-refractivity contribution in [3.8, 4) is 0 Å². The Hall–Kier alpha value is -2.68. The van der Waals surface area contributed by atoms with E-state index in [0.717, 1.165) is 22.9 Å². The van der Waals surface area contributed by atoms with E-state index in [4.69, 9.17) is 0 Å². The van der Waals surface area contributed by atoms with E-state index in [1.54, 1.807) is 17.3 Å². The summed E-state index contributed by atoms with van der Waals surface area (Å²) in [6.07, 6.45) is 4.01. The van der Waals surface area contributed by atoms with E-state index in [2.05, 4.69) is 0 Å². The van der Waals surface area contributed by atoms with Crippen molar-refractivity contribution in [3.05, 3.63) is 88.5 Å². The molecule has 1 unspecified atom stereocenters. The highest BCUT2D eigenvalue weighted by Crippen LogP contribution is 2.53. The molecule has 0 amide bonds. The molecule has 1 aliphatic carbocycles. The van der Waals surface area contributed by atoms with Gasteiger partial charge < -0.3 is 10.2 Å². The van der Waals surface area contributed by atoms with Crippen molar-refractivity contribution in [1.29, 1.82) is 0 Å². The van der Waals surface area contributed by atoms with Crippen LogP contribution in [0.15, 0.2) is 65.0 Å². The first-order valence-corrected chi connectivity index (χ1v) is 12.0. The molecular weight excluding hydrogens is 446 g/mol. The maximum atomic E-state index is 15.0. The van der Waals surface area contributed by atoms with E-state index < -0.39 is 29.2 Å². The summed E-state index contributed by atoms with van der Waals surface area (Å²) in [4.78, 5) is 14.4. The third kappa shape index (κ3) is 2.94. The first-order valence-electron chi connectivity index (χ1n) is 11.0. The minimum absolute atomic E-state index is 0.0643. The summed E-state index contributed by atoms with van der Waals surface area (Å²) >= 11 is 1.46. The zero-order valence-electron chi connectivity index (χ0n) is 17.7. The Balaban J connectivity index is 1.59. The van der Waals surface area contributed by atoms with Gasteiger partial charge in [0.15, 0.2) is 23.2 Å². The lowest BCUT2D eigenvalue weighted by atomic mass is 9.63. The standard InChI is InChI=1S/C25H22F2N2O3S/c26-17-7-6-14-16(20(17)27)12-33-19-5-2-1-4-15(19)21(14)29-13-25(9-3-10-25)24(32)22-23(31)18(30)8-11-28(22)29/h1-2,4-8,11,18,21,30-31H,3,9-10,12-13H2/t18?,21-/m1/s1. The van der Waals surface area contributed by atoms with Crippen molar-refractivity contribution in [2.75, 3.05) is 6.54 Å². The predicted molar refractivity (Wildman–Crippen MR) is 119 cm³/mol. The van der Waals surface area contributed by atoms with Crippen LogP contribution in [0.3, 0.4) is 0 Å². The summed E-state index contributed by atoms with van der Waals surface area (Å²) in [5.74, 6) is -2.00. The van der Waals surface area contributed by atoms with Gasteiger partial charge in [0.1, 0.15) is 11.8 Å². The van der Waals surface area contributed by atoms with E-state index in [-0.39, 0.29) is 23.0 Å². The number of fused-ring (bicyclic) bond motifs is 3. The molecule has 4 aliphatic rings. The molecule has 1 spiro atoms. The summed E-state index contributed by atoms with van der Waals surface area (Å²) in [5.41, 5.74) is 1.26. The minimum atomic E-state index is -1.26. The molecule has 5 nitrogen and oxygen atoms in total. The number of nitrogens with zero attached hydrogens (tertiary/aromatic N) is 2. The molecule has 33 heavy (non-hydrogen) atoms. The fourth-order valence-corrected chi connectivity index (χ4v) is 6.54. The van der Waals surface area contributed by atoms with Gasteiger partial charge in [-0.05, 0) is 42.2 Å². The molecule has 1 saturated carbocycles. The number of benzene rings is 2. The summed E-state index contributed by atoms with van der Waals surface area (Å²) in [7, 11) is 0. The highest BCUT2D eigenvalue weighted by Gasteiger charge is 2.55. The predicted octanol–water partition coefficient (Wildman–Crippen LogP) is 4.59. The molecule has 3 heterocycles. The molecule has 2 aromatic carbocycles. The molecule has 170 valence electrons. The zero-order chi connectivity index (χ0) is 22.9. The van der Waals surface area contributed by atoms with Gasteiger partial charge >= 0.3 is 0 Å². The maximum absolute atomic E-state index is 15.0. The van der Waals surface area contributed by atoms with Crippen LogP contribution in [0, 0.1) is 17.0 Å². The van der Waals surface area contributed by atoms with Gasteiger partial charge in [-0.2, -0.15) is 0 Å². The molecule has 6 rings (SSSR count). The smallest absolute Gasteiger partial charge is 0.191 e. The molecule has 2 atom stereocenters. The maximum Gasteiger partial charge on any atom is 0.191 e. The average molecular weight is 469 g/mol. The largest absolute Gasteiger partial charge is 0.507 e. The number of allylic oxidation sites excluding steroid dienone is 1. The number of hydrogen-bond acceptors (Lipinski definition) is 6. The normalized spacial score (nSPS) is 25.9. The molecule has 8 heteroatoms. The molecule has 0 bridgehead atoms. The molecule has 1 saturated heterocycles. The van der Waals surface area contributed by atoms with Gasteiger partial charge in [-0.25, -0.2) is 13.8 Å². The monoisotopic (exact) mass is 468 g/mol. The third-order valence-electron chi connectivity index (χ3n) is 7.32. The summed E-state index contributed by atoms with van der Waals surface area (Å²) in [6.45, 7) is 0.380. The Morgan fingerprint density at radius 2 is 1.88 bits per heavy atom. The average Bonchev–Trinajstić information content (AvgIpc) is 2.95.